The molecular formula is C18H21ClN2O3. The van der Waals surface area contributed by atoms with Crippen LogP contribution in [0.1, 0.15) is 12.0 Å². The van der Waals surface area contributed by atoms with Crippen molar-refractivity contribution in [1.82, 2.24) is 5.32 Å². The van der Waals surface area contributed by atoms with Gasteiger partial charge in [0.25, 0.3) is 0 Å². The standard InChI is InChI=1S/C18H21ClN2O3/c1-23-15-6-3-13(4-7-15)12-21-18(22)9-10-20-14-5-8-17(24-2)16(19)11-14/h3-8,11,20H,9-10,12H2,1-2H3,(H,21,22). The zero-order chi connectivity index (χ0) is 17.4. The molecule has 0 heterocycles. The molecule has 24 heavy (non-hydrogen) atoms. The summed E-state index contributed by atoms with van der Waals surface area (Å²) in [5, 5.41) is 6.58. The summed E-state index contributed by atoms with van der Waals surface area (Å²) in [5.74, 6) is 1.41. The first-order valence-corrected chi connectivity index (χ1v) is 7.97. The van der Waals surface area contributed by atoms with Crippen LogP contribution in [0.15, 0.2) is 42.5 Å². The Balaban J connectivity index is 1.72. The summed E-state index contributed by atoms with van der Waals surface area (Å²) in [7, 11) is 3.20. The first kappa shape index (κ1) is 17.9. The van der Waals surface area contributed by atoms with Crippen molar-refractivity contribution in [1.29, 1.82) is 0 Å². The summed E-state index contributed by atoms with van der Waals surface area (Å²) in [5.41, 5.74) is 1.88. The molecule has 0 saturated carbocycles. The quantitative estimate of drug-likeness (QED) is 0.766. The monoisotopic (exact) mass is 348 g/mol. The third-order valence-corrected chi connectivity index (χ3v) is 3.78. The van der Waals surface area contributed by atoms with Gasteiger partial charge in [-0.25, -0.2) is 0 Å². The number of anilines is 1. The second-order valence-electron chi connectivity index (χ2n) is 5.15. The number of benzene rings is 2. The number of ether oxygens (including phenoxy) is 2. The van der Waals surface area contributed by atoms with Gasteiger partial charge in [0.2, 0.25) is 5.91 Å². The maximum absolute atomic E-state index is 11.9. The number of rotatable bonds is 8. The van der Waals surface area contributed by atoms with Gasteiger partial charge in [-0.05, 0) is 35.9 Å². The number of carbonyl (C=O) groups is 1. The summed E-state index contributed by atoms with van der Waals surface area (Å²) < 4.78 is 10.2. The van der Waals surface area contributed by atoms with E-state index in [1.807, 2.05) is 30.3 Å². The highest BCUT2D eigenvalue weighted by atomic mass is 35.5. The predicted octanol–water partition coefficient (Wildman–Crippen LogP) is 3.48. The van der Waals surface area contributed by atoms with Crippen LogP contribution in [0.25, 0.3) is 0 Å². The Kier molecular flexibility index (Phi) is 6.75. The zero-order valence-corrected chi connectivity index (χ0v) is 14.5. The number of carbonyl (C=O) groups excluding carboxylic acids is 1. The van der Waals surface area contributed by atoms with Crippen LogP contribution in [-0.2, 0) is 11.3 Å². The average molecular weight is 349 g/mol. The van der Waals surface area contributed by atoms with E-state index in [-0.39, 0.29) is 5.91 Å². The van der Waals surface area contributed by atoms with E-state index in [9.17, 15) is 4.79 Å². The van der Waals surface area contributed by atoms with Gasteiger partial charge in [0, 0.05) is 25.2 Å². The van der Waals surface area contributed by atoms with Crippen molar-refractivity contribution in [3.8, 4) is 11.5 Å². The second-order valence-corrected chi connectivity index (χ2v) is 5.56. The van der Waals surface area contributed by atoms with E-state index in [1.165, 1.54) is 0 Å². The fourth-order valence-corrected chi connectivity index (χ4v) is 2.39. The predicted molar refractivity (Wildman–Crippen MR) is 96.0 cm³/mol. The molecular weight excluding hydrogens is 328 g/mol. The zero-order valence-electron chi connectivity index (χ0n) is 13.8. The fourth-order valence-electron chi connectivity index (χ4n) is 2.13. The summed E-state index contributed by atoms with van der Waals surface area (Å²) in [6, 6.07) is 13.0. The van der Waals surface area contributed by atoms with E-state index in [2.05, 4.69) is 10.6 Å². The van der Waals surface area contributed by atoms with Crippen LogP contribution >= 0.6 is 11.6 Å². The molecule has 6 heteroatoms. The molecule has 0 aliphatic carbocycles. The Morgan fingerprint density at radius 1 is 1.08 bits per heavy atom. The molecule has 128 valence electrons. The third kappa shape index (κ3) is 5.35. The third-order valence-electron chi connectivity index (χ3n) is 3.48. The van der Waals surface area contributed by atoms with Crippen LogP contribution in [0.3, 0.4) is 0 Å². The minimum Gasteiger partial charge on any atom is -0.497 e. The average Bonchev–Trinajstić information content (AvgIpc) is 2.60. The lowest BCUT2D eigenvalue weighted by atomic mass is 10.2. The Labute approximate surface area is 146 Å². The molecule has 0 aromatic heterocycles. The number of nitrogens with one attached hydrogen (secondary N) is 2. The molecule has 0 saturated heterocycles. The molecule has 1 amide bonds. The molecule has 0 atom stereocenters. The van der Waals surface area contributed by atoms with Crippen molar-refractivity contribution in [2.45, 2.75) is 13.0 Å². The van der Waals surface area contributed by atoms with Crippen molar-refractivity contribution < 1.29 is 14.3 Å². The molecule has 0 aliphatic heterocycles. The Morgan fingerprint density at radius 2 is 1.83 bits per heavy atom. The lowest BCUT2D eigenvalue weighted by Gasteiger charge is -2.09. The molecule has 0 radical (unpaired) electrons. The van der Waals surface area contributed by atoms with Gasteiger partial charge in [-0.2, -0.15) is 0 Å². The van der Waals surface area contributed by atoms with E-state index < -0.39 is 0 Å². The van der Waals surface area contributed by atoms with Crippen molar-refractivity contribution in [2.75, 3.05) is 26.1 Å². The van der Waals surface area contributed by atoms with Gasteiger partial charge >= 0.3 is 0 Å². The molecule has 0 spiro atoms. The molecule has 2 N–H and O–H groups in total. The molecule has 0 aliphatic rings. The summed E-state index contributed by atoms with van der Waals surface area (Å²) in [4.78, 5) is 11.9. The van der Waals surface area contributed by atoms with Gasteiger partial charge in [0.15, 0.2) is 0 Å². The summed E-state index contributed by atoms with van der Waals surface area (Å²) in [6.07, 6.45) is 0.375. The minimum absolute atomic E-state index is 0.0158. The minimum atomic E-state index is -0.0158. The molecule has 0 bridgehead atoms. The van der Waals surface area contributed by atoms with E-state index in [0.29, 0.717) is 30.3 Å². The molecule has 0 unspecified atom stereocenters. The number of methoxy groups -OCH3 is 2. The van der Waals surface area contributed by atoms with Gasteiger partial charge < -0.3 is 20.1 Å². The number of hydrogen-bond donors (Lipinski definition) is 2. The van der Waals surface area contributed by atoms with E-state index in [0.717, 1.165) is 17.0 Å². The topological polar surface area (TPSA) is 59.6 Å². The molecule has 2 rings (SSSR count). The van der Waals surface area contributed by atoms with Crippen LogP contribution in [0.2, 0.25) is 5.02 Å². The maximum Gasteiger partial charge on any atom is 0.222 e. The molecule has 5 nitrogen and oxygen atoms in total. The Bertz CT molecular complexity index is 674. The van der Waals surface area contributed by atoms with Gasteiger partial charge in [0.05, 0.1) is 19.2 Å². The lowest BCUT2D eigenvalue weighted by Crippen LogP contribution is -2.24. The summed E-state index contributed by atoms with van der Waals surface area (Å²) in [6.45, 7) is 1.02. The van der Waals surface area contributed by atoms with Crippen LogP contribution in [-0.4, -0.2) is 26.7 Å². The highest BCUT2D eigenvalue weighted by molar-refractivity contribution is 6.32. The normalized spacial score (nSPS) is 10.1. The maximum atomic E-state index is 11.9. The van der Waals surface area contributed by atoms with E-state index in [1.54, 1.807) is 26.4 Å². The summed E-state index contributed by atoms with van der Waals surface area (Å²) >= 11 is 6.06. The number of amides is 1. The Morgan fingerprint density at radius 3 is 2.46 bits per heavy atom. The number of halogens is 1. The van der Waals surface area contributed by atoms with Crippen molar-refractivity contribution in [3.63, 3.8) is 0 Å². The van der Waals surface area contributed by atoms with Gasteiger partial charge in [0.1, 0.15) is 11.5 Å². The van der Waals surface area contributed by atoms with Crippen LogP contribution in [0.4, 0.5) is 5.69 Å². The molecule has 2 aromatic rings. The number of hydrogen-bond acceptors (Lipinski definition) is 4. The van der Waals surface area contributed by atoms with Crippen LogP contribution in [0, 0.1) is 0 Å². The first-order chi connectivity index (χ1) is 11.6. The van der Waals surface area contributed by atoms with Crippen LogP contribution in [0.5, 0.6) is 11.5 Å². The first-order valence-electron chi connectivity index (χ1n) is 7.59. The largest absolute Gasteiger partial charge is 0.497 e. The van der Waals surface area contributed by atoms with E-state index in [4.69, 9.17) is 21.1 Å². The van der Waals surface area contributed by atoms with Gasteiger partial charge in [-0.1, -0.05) is 23.7 Å². The SMILES string of the molecule is COc1ccc(CNC(=O)CCNc2ccc(OC)c(Cl)c2)cc1. The second kappa shape index (κ2) is 9.03. The Hall–Kier alpha value is -2.40. The van der Waals surface area contributed by atoms with E-state index >= 15 is 0 Å². The van der Waals surface area contributed by atoms with Gasteiger partial charge in [-0.3, -0.25) is 4.79 Å². The smallest absolute Gasteiger partial charge is 0.222 e. The van der Waals surface area contributed by atoms with Crippen molar-refractivity contribution in [3.05, 3.63) is 53.1 Å². The highest BCUT2D eigenvalue weighted by Crippen LogP contribution is 2.27. The fraction of sp³-hybridized carbons (Fsp3) is 0.278. The highest BCUT2D eigenvalue weighted by Gasteiger charge is 2.04. The molecule has 0 fully saturated rings. The lowest BCUT2D eigenvalue weighted by molar-refractivity contribution is -0.121. The molecule has 2 aromatic carbocycles. The van der Waals surface area contributed by atoms with Crippen molar-refractivity contribution >= 4 is 23.2 Å². The van der Waals surface area contributed by atoms with Crippen molar-refractivity contribution in [2.24, 2.45) is 0 Å². The van der Waals surface area contributed by atoms with Crippen LogP contribution < -0.4 is 20.1 Å². The van der Waals surface area contributed by atoms with Gasteiger partial charge in [-0.15, -0.1) is 0 Å².